The van der Waals surface area contributed by atoms with Crippen LogP contribution in [0.25, 0.3) is 0 Å². The average Bonchev–Trinajstić information content (AvgIpc) is 2.05. The third kappa shape index (κ3) is 2.19. The van der Waals surface area contributed by atoms with Gasteiger partial charge in [0.2, 0.25) is 5.91 Å². The van der Waals surface area contributed by atoms with Gasteiger partial charge in [-0.25, -0.2) is 0 Å². The van der Waals surface area contributed by atoms with Gasteiger partial charge in [-0.15, -0.1) is 0 Å². The van der Waals surface area contributed by atoms with Crippen LogP contribution >= 0.6 is 0 Å². The Morgan fingerprint density at radius 2 is 2.50 bits per heavy atom. The molecule has 1 amide bonds. The highest BCUT2D eigenvalue weighted by atomic mass is 16.5. The van der Waals surface area contributed by atoms with Gasteiger partial charge in [0.05, 0.1) is 19.3 Å². The Labute approximate surface area is 72.7 Å². The first-order valence-electron chi connectivity index (χ1n) is 4.33. The maximum atomic E-state index is 11.4. The summed E-state index contributed by atoms with van der Waals surface area (Å²) in [5, 5.41) is 0. The summed E-state index contributed by atoms with van der Waals surface area (Å²) >= 11 is 0. The fourth-order valence-electron chi connectivity index (χ4n) is 1.36. The number of ether oxygens (including phenoxy) is 1. The van der Waals surface area contributed by atoms with Crippen molar-refractivity contribution in [3.05, 3.63) is 0 Å². The van der Waals surface area contributed by atoms with E-state index >= 15 is 0 Å². The molecule has 1 unspecified atom stereocenters. The molecule has 0 aromatic heterocycles. The Bertz CT molecular complexity index is 161. The van der Waals surface area contributed by atoms with E-state index in [9.17, 15) is 4.79 Å². The maximum Gasteiger partial charge on any atom is 0.224 e. The zero-order valence-corrected chi connectivity index (χ0v) is 7.45. The number of carbonyl (C=O) groups excluding carboxylic acids is 1. The lowest BCUT2D eigenvalue weighted by Crippen LogP contribution is -2.47. The Kier molecular flexibility index (Phi) is 3.49. The minimum Gasteiger partial charge on any atom is -0.377 e. The lowest BCUT2D eigenvalue weighted by Gasteiger charge is -2.33. The van der Waals surface area contributed by atoms with E-state index in [0.717, 1.165) is 0 Å². The quantitative estimate of drug-likeness (QED) is 0.615. The summed E-state index contributed by atoms with van der Waals surface area (Å²) in [6.07, 6.45) is 0.449. The molecule has 0 saturated carbocycles. The molecule has 2 N–H and O–H groups in total. The zero-order chi connectivity index (χ0) is 8.97. The van der Waals surface area contributed by atoms with Crippen molar-refractivity contribution in [2.75, 3.05) is 26.3 Å². The predicted octanol–water partition coefficient (Wildman–Crippen LogP) is -0.417. The average molecular weight is 172 g/mol. The molecule has 1 rings (SSSR count). The van der Waals surface area contributed by atoms with Crippen molar-refractivity contribution in [3.63, 3.8) is 0 Å². The summed E-state index contributed by atoms with van der Waals surface area (Å²) in [7, 11) is 0. The number of hydrogen-bond donors (Lipinski definition) is 1. The highest BCUT2D eigenvalue weighted by Gasteiger charge is 2.22. The van der Waals surface area contributed by atoms with Gasteiger partial charge in [-0.1, -0.05) is 0 Å². The van der Waals surface area contributed by atoms with Crippen molar-refractivity contribution in [3.8, 4) is 0 Å². The van der Waals surface area contributed by atoms with Crippen molar-refractivity contribution >= 4 is 5.91 Å². The van der Waals surface area contributed by atoms with Gasteiger partial charge in [-0.3, -0.25) is 4.79 Å². The molecular weight excluding hydrogens is 156 g/mol. The van der Waals surface area contributed by atoms with Gasteiger partial charge >= 0.3 is 0 Å². The van der Waals surface area contributed by atoms with E-state index in [1.54, 1.807) is 0 Å². The summed E-state index contributed by atoms with van der Waals surface area (Å²) in [5.41, 5.74) is 5.30. The molecule has 0 aromatic carbocycles. The number of amides is 1. The molecule has 0 radical (unpaired) electrons. The molecule has 0 aromatic rings. The van der Waals surface area contributed by atoms with Crippen molar-refractivity contribution < 1.29 is 9.53 Å². The van der Waals surface area contributed by atoms with Crippen LogP contribution in [0.1, 0.15) is 13.3 Å². The van der Waals surface area contributed by atoms with Gasteiger partial charge in [-0.2, -0.15) is 0 Å². The fourth-order valence-corrected chi connectivity index (χ4v) is 1.36. The van der Waals surface area contributed by atoms with Gasteiger partial charge < -0.3 is 15.4 Å². The van der Waals surface area contributed by atoms with Crippen LogP contribution in [0.2, 0.25) is 0 Å². The summed E-state index contributed by atoms with van der Waals surface area (Å²) < 4.78 is 5.22. The molecule has 1 heterocycles. The molecule has 0 aliphatic carbocycles. The smallest absolute Gasteiger partial charge is 0.224 e. The fraction of sp³-hybridized carbons (Fsp3) is 0.875. The van der Waals surface area contributed by atoms with E-state index in [4.69, 9.17) is 10.5 Å². The van der Waals surface area contributed by atoms with E-state index < -0.39 is 0 Å². The number of carbonyl (C=O) groups is 1. The second-order valence-corrected chi connectivity index (χ2v) is 3.05. The van der Waals surface area contributed by atoms with Crippen LogP contribution in [0.5, 0.6) is 0 Å². The van der Waals surface area contributed by atoms with Gasteiger partial charge in [0.25, 0.3) is 0 Å². The summed E-state index contributed by atoms with van der Waals surface area (Å²) in [6.45, 7) is 4.44. The molecule has 0 spiro atoms. The molecule has 1 fully saturated rings. The number of nitrogens with two attached hydrogens (primary N) is 1. The van der Waals surface area contributed by atoms with Gasteiger partial charge in [0.1, 0.15) is 0 Å². The topological polar surface area (TPSA) is 55.6 Å². The first-order valence-corrected chi connectivity index (χ1v) is 4.33. The Morgan fingerprint density at radius 3 is 3.08 bits per heavy atom. The Balaban J connectivity index is 2.42. The third-order valence-electron chi connectivity index (χ3n) is 2.05. The second-order valence-electron chi connectivity index (χ2n) is 3.05. The largest absolute Gasteiger partial charge is 0.377 e. The highest BCUT2D eigenvalue weighted by Crippen LogP contribution is 2.07. The van der Waals surface area contributed by atoms with Crippen LogP contribution in [0.3, 0.4) is 0 Å². The van der Waals surface area contributed by atoms with Gasteiger partial charge in [0.15, 0.2) is 0 Å². The monoisotopic (exact) mass is 172 g/mol. The van der Waals surface area contributed by atoms with Crippen LogP contribution < -0.4 is 5.73 Å². The Hall–Kier alpha value is -0.610. The maximum absolute atomic E-state index is 11.4. The second kappa shape index (κ2) is 4.42. The van der Waals surface area contributed by atoms with Crippen molar-refractivity contribution in [2.45, 2.75) is 19.4 Å². The highest BCUT2D eigenvalue weighted by molar-refractivity contribution is 5.76. The SMILES string of the molecule is CC1COCCN1C(=O)CCN. The van der Waals surface area contributed by atoms with Crippen molar-refractivity contribution in [1.29, 1.82) is 0 Å². The van der Waals surface area contributed by atoms with E-state index in [1.165, 1.54) is 0 Å². The minimum atomic E-state index is 0.147. The molecule has 4 heteroatoms. The molecule has 1 aliphatic rings. The van der Waals surface area contributed by atoms with E-state index in [0.29, 0.717) is 32.7 Å². The van der Waals surface area contributed by atoms with Crippen LogP contribution in [0.4, 0.5) is 0 Å². The number of hydrogen-bond acceptors (Lipinski definition) is 3. The first kappa shape index (κ1) is 9.48. The first-order chi connectivity index (χ1) is 5.75. The van der Waals surface area contributed by atoms with Crippen LogP contribution in [0.15, 0.2) is 0 Å². The van der Waals surface area contributed by atoms with E-state index in [-0.39, 0.29) is 11.9 Å². The number of morpholine rings is 1. The Morgan fingerprint density at radius 1 is 1.75 bits per heavy atom. The minimum absolute atomic E-state index is 0.147. The standard InChI is InChI=1S/C8H16N2O2/c1-7-6-12-5-4-10(7)8(11)2-3-9/h7H,2-6,9H2,1H3. The van der Waals surface area contributed by atoms with Gasteiger partial charge in [-0.05, 0) is 6.92 Å². The van der Waals surface area contributed by atoms with Crippen LogP contribution in [-0.2, 0) is 9.53 Å². The van der Waals surface area contributed by atoms with Crippen LogP contribution in [-0.4, -0.2) is 43.2 Å². The summed E-state index contributed by atoms with van der Waals surface area (Å²) in [4.78, 5) is 13.2. The van der Waals surface area contributed by atoms with Crippen molar-refractivity contribution in [2.24, 2.45) is 5.73 Å². The lowest BCUT2D eigenvalue weighted by molar-refractivity contribution is -0.138. The molecular formula is C8H16N2O2. The molecule has 1 atom stereocenters. The van der Waals surface area contributed by atoms with Crippen LogP contribution in [0, 0.1) is 0 Å². The number of rotatable bonds is 2. The van der Waals surface area contributed by atoms with Gasteiger partial charge in [0, 0.05) is 19.5 Å². The van der Waals surface area contributed by atoms with E-state index in [2.05, 4.69) is 0 Å². The van der Waals surface area contributed by atoms with Crippen molar-refractivity contribution in [1.82, 2.24) is 4.90 Å². The molecule has 12 heavy (non-hydrogen) atoms. The molecule has 1 aliphatic heterocycles. The molecule has 1 saturated heterocycles. The number of nitrogens with zero attached hydrogens (tertiary/aromatic N) is 1. The summed E-state index contributed by atoms with van der Waals surface area (Å²) in [5.74, 6) is 0.147. The molecule has 4 nitrogen and oxygen atoms in total. The third-order valence-corrected chi connectivity index (χ3v) is 2.05. The normalized spacial score (nSPS) is 24.2. The van der Waals surface area contributed by atoms with E-state index in [1.807, 2.05) is 11.8 Å². The zero-order valence-electron chi connectivity index (χ0n) is 7.45. The molecule has 0 bridgehead atoms. The lowest BCUT2D eigenvalue weighted by atomic mass is 10.2. The summed E-state index contributed by atoms with van der Waals surface area (Å²) in [6, 6.07) is 0.206. The molecule has 70 valence electrons. The predicted molar refractivity (Wildman–Crippen MR) is 45.7 cm³/mol.